The van der Waals surface area contributed by atoms with Crippen molar-refractivity contribution in [3.05, 3.63) is 74.6 Å². The average molecular weight is 436 g/mol. The molecule has 1 heterocycles. The zero-order valence-corrected chi connectivity index (χ0v) is 16.7. The second kappa shape index (κ2) is 7.28. The fraction of sp³-hybridized carbons (Fsp3) is 0.263. The van der Waals surface area contributed by atoms with E-state index >= 15 is 0 Å². The highest BCUT2D eigenvalue weighted by atomic mass is 79.9. The van der Waals surface area contributed by atoms with E-state index in [1.165, 1.54) is 28.5 Å². The molecule has 142 valence electrons. The van der Waals surface area contributed by atoms with Gasteiger partial charge in [0.1, 0.15) is 17.2 Å². The van der Waals surface area contributed by atoms with Crippen molar-refractivity contribution in [1.82, 2.24) is 14.3 Å². The Morgan fingerprint density at radius 1 is 1.22 bits per heavy atom. The summed E-state index contributed by atoms with van der Waals surface area (Å²) in [5.74, 6) is 0.0596. The molecule has 0 aliphatic heterocycles. The molecule has 3 rings (SSSR count). The third-order valence-electron chi connectivity index (χ3n) is 3.99. The molecule has 8 heteroatoms. The maximum absolute atomic E-state index is 13.8. The van der Waals surface area contributed by atoms with Gasteiger partial charge < -0.3 is 9.84 Å². The molecule has 0 saturated carbocycles. The molecule has 1 aromatic heterocycles. The van der Waals surface area contributed by atoms with Crippen LogP contribution < -0.4 is 10.4 Å². The quantitative estimate of drug-likeness (QED) is 0.667. The van der Waals surface area contributed by atoms with Gasteiger partial charge in [-0.2, -0.15) is 4.68 Å². The van der Waals surface area contributed by atoms with Crippen LogP contribution in [0.25, 0.3) is 5.69 Å². The largest absolute Gasteiger partial charge is 0.497 e. The van der Waals surface area contributed by atoms with Gasteiger partial charge >= 0.3 is 5.69 Å². The molecule has 0 unspecified atom stereocenters. The SMILES string of the molecule is COc1cc(F)cc(Cn2c(C(C)(C)O)nn(-c3ccc(Br)cc3)c2=O)c1. The van der Waals surface area contributed by atoms with Gasteiger partial charge in [-0.15, -0.1) is 5.10 Å². The van der Waals surface area contributed by atoms with Gasteiger partial charge in [-0.25, -0.2) is 9.18 Å². The molecule has 0 saturated heterocycles. The number of aliphatic hydroxyl groups is 1. The standard InChI is InChI=1S/C19H19BrFN3O3/c1-19(2,26)17-22-24(15-6-4-13(20)5-7-15)18(25)23(17)11-12-8-14(21)10-16(9-12)27-3/h4-10,26H,11H2,1-3H3. The van der Waals surface area contributed by atoms with E-state index in [0.717, 1.165) is 4.47 Å². The highest BCUT2D eigenvalue weighted by Gasteiger charge is 2.27. The van der Waals surface area contributed by atoms with Crippen LogP contribution in [0.4, 0.5) is 4.39 Å². The number of hydrogen-bond donors (Lipinski definition) is 1. The maximum atomic E-state index is 13.8. The second-order valence-corrected chi connectivity index (χ2v) is 7.55. The van der Waals surface area contributed by atoms with Gasteiger partial charge in [-0.3, -0.25) is 4.57 Å². The molecule has 0 amide bonds. The Hall–Kier alpha value is -2.45. The minimum Gasteiger partial charge on any atom is -0.497 e. The number of hydrogen-bond acceptors (Lipinski definition) is 4. The third-order valence-corrected chi connectivity index (χ3v) is 4.52. The number of rotatable bonds is 5. The predicted octanol–water partition coefficient (Wildman–Crippen LogP) is 3.22. The van der Waals surface area contributed by atoms with Crippen LogP contribution in [0.1, 0.15) is 25.2 Å². The fourth-order valence-corrected chi connectivity index (χ4v) is 3.02. The van der Waals surface area contributed by atoms with Gasteiger partial charge in [0.25, 0.3) is 0 Å². The van der Waals surface area contributed by atoms with Crippen molar-refractivity contribution in [2.45, 2.75) is 26.0 Å². The van der Waals surface area contributed by atoms with E-state index in [9.17, 15) is 14.3 Å². The lowest BCUT2D eigenvalue weighted by Gasteiger charge is -2.17. The number of nitrogens with zero attached hydrogens (tertiary/aromatic N) is 3. The Labute approximate surface area is 164 Å². The Bertz CT molecular complexity index is 1020. The molecule has 1 N–H and O–H groups in total. The number of methoxy groups -OCH3 is 1. The number of ether oxygens (including phenoxy) is 1. The van der Waals surface area contributed by atoms with Crippen LogP contribution in [0.2, 0.25) is 0 Å². The molecule has 0 fully saturated rings. The minimum absolute atomic E-state index is 0.0444. The molecule has 0 atom stereocenters. The molecule has 0 spiro atoms. The maximum Gasteiger partial charge on any atom is 0.351 e. The molecular weight excluding hydrogens is 417 g/mol. The highest BCUT2D eigenvalue weighted by Crippen LogP contribution is 2.21. The molecule has 0 aliphatic carbocycles. The van der Waals surface area contributed by atoms with Crippen molar-refractivity contribution in [3.63, 3.8) is 0 Å². The van der Waals surface area contributed by atoms with Crippen LogP contribution >= 0.6 is 15.9 Å². The normalized spacial score (nSPS) is 11.6. The van der Waals surface area contributed by atoms with Crippen molar-refractivity contribution in [2.24, 2.45) is 0 Å². The molecule has 6 nitrogen and oxygen atoms in total. The zero-order chi connectivity index (χ0) is 19.8. The first-order valence-corrected chi connectivity index (χ1v) is 9.00. The Morgan fingerprint density at radius 3 is 2.48 bits per heavy atom. The molecular formula is C19H19BrFN3O3. The first-order chi connectivity index (χ1) is 12.7. The number of benzene rings is 2. The van der Waals surface area contributed by atoms with Gasteiger partial charge in [-0.1, -0.05) is 15.9 Å². The molecule has 27 heavy (non-hydrogen) atoms. The lowest BCUT2D eigenvalue weighted by Crippen LogP contribution is -2.28. The summed E-state index contributed by atoms with van der Waals surface area (Å²) in [6.07, 6.45) is 0. The molecule has 0 radical (unpaired) electrons. The minimum atomic E-state index is -1.36. The van der Waals surface area contributed by atoms with E-state index in [2.05, 4.69) is 21.0 Å². The first kappa shape index (κ1) is 19.3. The van der Waals surface area contributed by atoms with Gasteiger partial charge in [0.2, 0.25) is 0 Å². The number of aromatic nitrogens is 3. The van der Waals surface area contributed by atoms with E-state index in [-0.39, 0.29) is 12.4 Å². The van der Waals surface area contributed by atoms with Crippen molar-refractivity contribution >= 4 is 15.9 Å². The van der Waals surface area contributed by atoms with E-state index in [0.29, 0.717) is 17.0 Å². The van der Waals surface area contributed by atoms with E-state index in [1.807, 2.05) is 0 Å². The van der Waals surface area contributed by atoms with Crippen molar-refractivity contribution in [2.75, 3.05) is 7.11 Å². The Balaban J connectivity index is 2.13. The predicted molar refractivity (Wildman–Crippen MR) is 103 cm³/mol. The summed E-state index contributed by atoms with van der Waals surface area (Å²) in [6, 6.07) is 11.3. The second-order valence-electron chi connectivity index (χ2n) is 6.64. The lowest BCUT2D eigenvalue weighted by atomic mass is 10.1. The third kappa shape index (κ3) is 4.12. The summed E-state index contributed by atoms with van der Waals surface area (Å²) < 4.78 is 22.3. The van der Waals surface area contributed by atoms with Crippen LogP contribution in [-0.2, 0) is 12.1 Å². The molecule has 0 bridgehead atoms. The van der Waals surface area contributed by atoms with Crippen molar-refractivity contribution in [1.29, 1.82) is 0 Å². The highest BCUT2D eigenvalue weighted by molar-refractivity contribution is 9.10. The monoisotopic (exact) mass is 435 g/mol. The molecule has 3 aromatic rings. The van der Waals surface area contributed by atoms with Gasteiger partial charge in [0, 0.05) is 10.5 Å². The Morgan fingerprint density at radius 2 is 1.89 bits per heavy atom. The zero-order valence-electron chi connectivity index (χ0n) is 15.1. The van der Waals surface area contributed by atoms with Crippen LogP contribution in [0.5, 0.6) is 5.75 Å². The Kier molecular flexibility index (Phi) is 5.21. The van der Waals surface area contributed by atoms with Crippen LogP contribution in [0.3, 0.4) is 0 Å². The van der Waals surface area contributed by atoms with Crippen LogP contribution in [0.15, 0.2) is 51.7 Å². The molecule has 0 aliphatic rings. The van der Waals surface area contributed by atoms with Gasteiger partial charge in [0.15, 0.2) is 5.82 Å². The van der Waals surface area contributed by atoms with E-state index in [1.54, 1.807) is 44.2 Å². The van der Waals surface area contributed by atoms with Crippen LogP contribution in [-0.4, -0.2) is 26.6 Å². The average Bonchev–Trinajstić information content (AvgIpc) is 2.92. The lowest BCUT2D eigenvalue weighted by molar-refractivity contribution is 0.0643. The summed E-state index contributed by atoms with van der Waals surface area (Å²) in [7, 11) is 1.44. The van der Waals surface area contributed by atoms with Gasteiger partial charge in [0.05, 0.1) is 19.3 Å². The summed E-state index contributed by atoms with van der Waals surface area (Å²) in [6.45, 7) is 3.13. The fourth-order valence-electron chi connectivity index (χ4n) is 2.75. The van der Waals surface area contributed by atoms with E-state index < -0.39 is 17.1 Å². The van der Waals surface area contributed by atoms with Crippen LogP contribution in [0, 0.1) is 5.82 Å². The van der Waals surface area contributed by atoms with E-state index in [4.69, 9.17) is 4.74 Å². The summed E-state index contributed by atoms with van der Waals surface area (Å²) >= 11 is 3.35. The van der Waals surface area contributed by atoms with Crippen molar-refractivity contribution in [3.8, 4) is 11.4 Å². The first-order valence-electron chi connectivity index (χ1n) is 8.21. The summed E-state index contributed by atoms with van der Waals surface area (Å²) in [5, 5.41) is 14.8. The summed E-state index contributed by atoms with van der Waals surface area (Å²) in [4.78, 5) is 13.0. The number of halogens is 2. The smallest absolute Gasteiger partial charge is 0.351 e. The summed E-state index contributed by atoms with van der Waals surface area (Å²) in [5.41, 5.74) is -0.714. The van der Waals surface area contributed by atoms with Gasteiger partial charge in [-0.05, 0) is 55.8 Å². The molecule has 2 aromatic carbocycles. The topological polar surface area (TPSA) is 69.3 Å². The van der Waals surface area contributed by atoms with Crippen molar-refractivity contribution < 1.29 is 14.2 Å².